The molecule has 11 heteroatoms. The number of carbonyl (C=O) groups is 2. The van der Waals surface area contributed by atoms with Gasteiger partial charge in [0.1, 0.15) is 11.8 Å². The number of nitrogens with zero attached hydrogens (tertiary/aromatic N) is 3. The van der Waals surface area contributed by atoms with Gasteiger partial charge in [-0.2, -0.15) is 4.98 Å². The van der Waals surface area contributed by atoms with Crippen molar-refractivity contribution in [2.75, 3.05) is 6.54 Å². The van der Waals surface area contributed by atoms with E-state index in [4.69, 9.17) is 20.5 Å². The number of amides is 2. The number of aromatic hydroxyl groups is 1. The second-order valence-electron chi connectivity index (χ2n) is 7.00. The molecule has 1 aromatic heterocycles. The van der Waals surface area contributed by atoms with Crippen LogP contribution in [0.1, 0.15) is 43.1 Å². The maximum Gasteiger partial charge on any atom is 0.326 e. The largest absolute Gasteiger partial charge is 0.508 e. The van der Waals surface area contributed by atoms with E-state index < -0.39 is 30.2 Å². The van der Waals surface area contributed by atoms with Gasteiger partial charge in [-0.1, -0.05) is 22.9 Å². The Kier molecular flexibility index (Phi) is 8.13. The molecule has 2 heterocycles. The number of aromatic nitrogens is 2. The molecule has 1 aromatic carbocycles. The van der Waals surface area contributed by atoms with Crippen molar-refractivity contribution in [2.45, 2.75) is 51.4 Å². The van der Waals surface area contributed by atoms with E-state index in [0.29, 0.717) is 25.1 Å². The number of phenols is 1. The summed E-state index contributed by atoms with van der Waals surface area (Å²) in [6, 6.07) is 5.02. The minimum absolute atomic E-state index is 0.0405. The number of hydrogen-bond donors (Lipinski definition) is 5. The van der Waals surface area contributed by atoms with E-state index in [1.807, 2.05) is 19.1 Å². The third-order valence-corrected chi connectivity index (χ3v) is 4.53. The predicted octanol–water partition coefficient (Wildman–Crippen LogP) is 0.909. The van der Waals surface area contributed by atoms with Gasteiger partial charge >= 0.3 is 12.0 Å². The highest BCUT2D eigenvalue weighted by Crippen LogP contribution is 2.17. The lowest BCUT2D eigenvalue weighted by Gasteiger charge is -2.21. The van der Waals surface area contributed by atoms with Crippen LogP contribution in [0.15, 0.2) is 28.8 Å². The summed E-state index contributed by atoms with van der Waals surface area (Å²) in [6.07, 6.45) is 0.260. The fourth-order valence-corrected chi connectivity index (χ4v) is 2.76. The highest BCUT2D eigenvalue weighted by Gasteiger charge is 2.34. The first kappa shape index (κ1) is 23.1. The quantitative estimate of drug-likeness (QED) is 0.470. The molecule has 164 valence electrons. The molecule has 30 heavy (non-hydrogen) atoms. The highest BCUT2D eigenvalue weighted by molar-refractivity contribution is 5.83. The lowest BCUT2D eigenvalue weighted by molar-refractivity contribution is -0.141. The van der Waals surface area contributed by atoms with Gasteiger partial charge in [-0.3, -0.25) is 0 Å². The molecule has 2 aromatic rings. The van der Waals surface area contributed by atoms with Crippen LogP contribution in [0.25, 0.3) is 0 Å². The number of nitrogens with two attached hydrogens (primary N) is 1. The molecule has 2 amide bonds. The molecule has 0 aliphatic carbocycles. The molecule has 3 rings (SSSR count). The van der Waals surface area contributed by atoms with E-state index in [1.54, 1.807) is 12.1 Å². The zero-order valence-corrected chi connectivity index (χ0v) is 16.9. The van der Waals surface area contributed by atoms with Gasteiger partial charge in [-0.15, -0.1) is 0 Å². The maximum atomic E-state index is 12.0. The Labute approximate surface area is 173 Å². The number of aliphatic hydroxyl groups is 1. The van der Waals surface area contributed by atoms with Gasteiger partial charge < -0.3 is 35.8 Å². The van der Waals surface area contributed by atoms with Crippen LogP contribution in [-0.2, 0) is 11.3 Å². The van der Waals surface area contributed by atoms with Gasteiger partial charge in [0.15, 0.2) is 5.82 Å². The normalized spacial score (nSPS) is 17.6. The van der Waals surface area contributed by atoms with Crippen LogP contribution in [0, 0.1) is 6.92 Å². The number of aliphatic carboxylic acids is 1. The molecule has 1 aliphatic rings. The monoisotopic (exact) mass is 421 g/mol. The van der Waals surface area contributed by atoms with Crippen molar-refractivity contribution in [1.82, 2.24) is 20.4 Å². The van der Waals surface area contributed by atoms with E-state index in [2.05, 4.69) is 15.5 Å². The van der Waals surface area contributed by atoms with Crippen molar-refractivity contribution < 1.29 is 29.4 Å². The molecule has 1 saturated heterocycles. The van der Waals surface area contributed by atoms with Crippen LogP contribution >= 0.6 is 0 Å². The summed E-state index contributed by atoms with van der Waals surface area (Å²) in [6.45, 7) is 3.84. The van der Waals surface area contributed by atoms with E-state index in [9.17, 15) is 14.7 Å². The zero-order chi connectivity index (χ0) is 22.3. The van der Waals surface area contributed by atoms with Crippen LogP contribution in [-0.4, -0.2) is 61.1 Å². The number of phenolic OH excluding ortho intramolecular Hbond substituents is 1. The molecule has 3 atom stereocenters. The molecular weight excluding hydrogens is 394 g/mol. The van der Waals surface area contributed by atoms with E-state index in [-0.39, 0.29) is 18.3 Å². The van der Waals surface area contributed by atoms with Gasteiger partial charge in [-0.25, -0.2) is 9.59 Å². The number of carboxylic acid groups (broad SMARTS) is 1. The molecule has 1 fully saturated rings. The maximum absolute atomic E-state index is 12.0. The number of carboxylic acids is 1. The van der Waals surface area contributed by atoms with Crippen molar-refractivity contribution in [1.29, 1.82) is 0 Å². The molecule has 0 spiro atoms. The van der Waals surface area contributed by atoms with Gasteiger partial charge in [-0.05, 0) is 38.8 Å². The molecule has 0 radical (unpaired) electrons. The molecule has 6 N–H and O–H groups in total. The molecular formula is C19H27N5O6. The second kappa shape index (κ2) is 10.6. The van der Waals surface area contributed by atoms with Crippen LogP contribution < -0.4 is 11.1 Å². The van der Waals surface area contributed by atoms with E-state index in [0.717, 1.165) is 0 Å². The van der Waals surface area contributed by atoms with Crippen molar-refractivity contribution in [3.8, 4) is 5.75 Å². The Balaban J connectivity index is 0.000000335. The first-order valence-electron chi connectivity index (χ1n) is 9.48. The fourth-order valence-electron chi connectivity index (χ4n) is 2.76. The molecule has 0 bridgehead atoms. The number of rotatable bonds is 5. The van der Waals surface area contributed by atoms with Crippen molar-refractivity contribution in [3.63, 3.8) is 0 Å². The van der Waals surface area contributed by atoms with E-state index in [1.165, 1.54) is 17.4 Å². The number of hydrogen-bond acceptors (Lipinski definition) is 8. The molecule has 1 aliphatic heterocycles. The van der Waals surface area contributed by atoms with Gasteiger partial charge in [0.05, 0.1) is 18.7 Å². The summed E-state index contributed by atoms with van der Waals surface area (Å²) in [5.74, 6) is -0.416. The molecule has 11 nitrogen and oxygen atoms in total. The average Bonchev–Trinajstić information content (AvgIpc) is 3.38. The van der Waals surface area contributed by atoms with Gasteiger partial charge in [0.25, 0.3) is 0 Å². The summed E-state index contributed by atoms with van der Waals surface area (Å²) in [4.78, 5) is 28.2. The lowest BCUT2D eigenvalue weighted by Crippen LogP contribution is -2.45. The predicted molar refractivity (Wildman–Crippen MR) is 105 cm³/mol. The first-order valence-corrected chi connectivity index (χ1v) is 9.48. The average molecular weight is 421 g/mol. The molecule has 3 unspecified atom stereocenters. The van der Waals surface area contributed by atoms with Crippen LogP contribution in [0.4, 0.5) is 4.79 Å². The minimum Gasteiger partial charge on any atom is -0.508 e. The number of likely N-dealkylation sites (tertiary alicyclic amines) is 1. The Morgan fingerprint density at radius 3 is 2.60 bits per heavy atom. The third kappa shape index (κ3) is 6.42. The van der Waals surface area contributed by atoms with Gasteiger partial charge in [0, 0.05) is 6.54 Å². The molecule has 0 saturated carbocycles. The smallest absolute Gasteiger partial charge is 0.326 e. The zero-order valence-electron chi connectivity index (χ0n) is 16.9. The van der Waals surface area contributed by atoms with Crippen LogP contribution in [0.2, 0.25) is 0 Å². The Hall–Kier alpha value is -3.18. The number of urea groups is 1. The summed E-state index contributed by atoms with van der Waals surface area (Å²) in [5.41, 5.74) is 6.83. The van der Waals surface area contributed by atoms with Gasteiger partial charge in [0.2, 0.25) is 5.89 Å². The SMILES string of the molecule is CC(O)C(N)c1noc(CNC(=O)N2CCCC2C(=O)O)n1.Cc1ccc(O)cc1. The summed E-state index contributed by atoms with van der Waals surface area (Å²) in [7, 11) is 0. The third-order valence-electron chi connectivity index (χ3n) is 4.53. The topological polar surface area (TPSA) is 175 Å². The Morgan fingerprint density at radius 2 is 2.03 bits per heavy atom. The number of aliphatic hydroxyl groups excluding tert-OH is 1. The van der Waals surface area contributed by atoms with Crippen molar-refractivity contribution in [2.24, 2.45) is 5.73 Å². The van der Waals surface area contributed by atoms with Crippen molar-refractivity contribution >= 4 is 12.0 Å². The number of aryl methyl sites for hydroxylation is 1. The number of nitrogens with one attached hydrogen (secondary N) is 1. The Morgan fingerprint density at radius 1 is 1.37 bits per heavy atom. The first-order chi connectivity index (χ1) is 14.2. The lowest BCUT2D eigenvalue weighted by atomic mass is 10.2. The number of carbonyl (C=O) groups excluding carboxylic acids is 1. The summed E-state index contributed by atoms with van der Waals surface area (Å²) >= 11 is 0. The standard InChI is InChI=1S/C12H19N5O5.C7H8O/c1-6(18)9(13)10-15-8(22-16-10)5-14-12(21)17-4-2-3-7(17)11(19)20;1-6-2-4-7(8)5-3-6/h6-7,9,18H,2-5,13H2,1H3,(H,14,21)(H,19,20);2-5,8H,1H3. The second-order valence-corrected chi connectivity index (χ2v) is 7.00. The van der Waals surface area contributed by atoms with E-state index >= 15 is 0 Å². The fraction of sp³-hybridized carbons (Fsp3) is 0.474. The minimum atomic E-state index is -1.02. The highest BCUT2D eigenvalue weighted by atomic mass is 16.5. The van der Waals surface area contributed by atoms with Crippen LogP contribution in [0.5, 0.6) is 5.75 Å². The summed E-state index contributed by atoms with van der Waals surface area (Å²) < 4.78 is 4.92. The number of benzene rings is 1. The van der Waals surface area contributed by atoms with Crippen LogP contribution in [0.3, 0.4) is 0 Å². The summed E-state index contributed by atoms with van der Waals surface area (Å²) in [5, 5.41) is 33.3. The van der Waals surface area contributed by atoms with Crippen molar-refractivity contribution in [3.05, 3.63) is 41.5 Å². The Bertz CT molecular complexity index is 817.